The number of halogens is 1. The second-order valence-electron chi connectivity index (χ2n) is 8.38. The monoisotopic (exact) mass is 502 g/mol. The Labute approximate surface area is 210 Å². The van der Waals surface area contributed by atoms with Gasteiger partial charge in [0.15, 0.2) is 0 Å². The Kier molecular flexibility index (Phi) is 6.36. The number of aliphatic hydroxyl groups excluding tert-OH is 1. The summed E-state index contributed by atoms with van der Waals surface area (Å²) in [6.45, 7) is 2.12. The molecule has 36 heavy (non-hydrogen) atoms. The minimum atomic E-state index is -0.500. The smallest absolute Gasteiger partial charge is 0.323 e. The van der Waals surface area contributed by atoms with Crippen molar-refractivity contribution in [3.63, 3.8) is 0 Å². The van der Waals surface area contributed by atoms with Crippen molar-refractivity contribution in [2.24, 2.45) is 0 Å². The van der Waals surface area contributed by atoms with E-state index in [1.807, 2.05) is 23.7 Å². The van der Waals surface area contributed by atoms with Crippen LogP contribution in [0.15, 0.2) is 72.5 Å². The number of benzene rings is 2. The van der Waals surface area contributed by atoms with Crippen molar-refractivity contribution in [1.82, 2.24) is 14.8 Å². The second-order valence-corrected chi connectivity index (χ2v) is 9.26. The Morgan fingerprint density at radius 2 is 1.89 bits per heavy atom. The van der Waals surface area contributed by atoms with E-state index in [2.05, 4.69) is 20.7 Å². The molecule has 3 heterocycles. The number of anilines is 3. The zero-order chi connectivity index (χ0) is 25.2. The number of rotatable bonds is 6. The predicted molar refractivity (Wildman–Crippen MR) is 141 cm³/mol. The first-order chi connectivity index (χ1) is 17.4. The van der Waals surface area contributed by atoms with E-state index in [9.17, 15) is 14.3 Å². The fourth-order valence-corrected chi connectivity index (χ4v) is 5.07. The van der Waals surface area contributed by atoms with E-state index in [0.29, 0.717) is 23.7 Å². The van der Waals surface area contributed by atoms with Gasteiger partial charge in [-0.2, -0.15) is 5.10 Å². The summed E-state index contributed by atoms with van der Waals surface area (Å²) in [4.78, 5) is 16.7. The molecule has 0 saturated carbocycles. The number of nitrogens with one attached hydrogen (secondary N) is 2. The van der Waals surface area contributed by atoms with E-state index >= 15 is 0 Å². The fourth-order valence-electron chi connectivity index (χ4n) is 3.95. The molecule has 0 aliphatic rings. The van der Waals surface area contributed by atoms with Gasteiger partial charge in [-0.05, 0) is 48.2 Å². The summed E-state index contributed by atoms with van der Waals surface area (Å²) < 4.78 is 16.0. The number of carbonyl (C=O) groups is 1. The van der Waals surface area contributed by atoms with Gasteiger partial charge in [0.25, 0.3) is 0 Å². The van der Waals surface area contributed by atoms with Crippen LogP contribution >= 0.6 is 11.3 Å². The third-order valence-corrected chi connectivity index (χ3v) is 6.57. The maximum absolute atomic E-state index is 13.3. The van der Waals surface area contributed by atoms with E-state index in [1.54, 1.807) is 53.5 Å². The topological polar surface area (TPSA) is 118 Å². The summed E-state index contributed by atoms with van der Waals surface area (Å²) in [7, 11) is 0. The lowest BCUT2D eigenvalue weighted by atomic mass is 10.0. The molecular weight excluding hydrogens is 479 g/mol. The quantitative estimate of drug-likeness (QED) is 0.242. The molecule has 2 amide bonds. The summed E-state index contributed by atoms with van der Waals surface area (Å²) in [6, 6.07) is 12.6. The van der Waals surface area contributed by atoms with E-state index in [0.717, 1.165) is 32.3 Å². The molecule has 2 aromatic carbocycles. The largest absolute Gasteiger partial charge is 0.391 e. The van der Waals surface area contributed by atoms with Gasteiger partial charge in [-0.15, -0.1) is 11.3 Å². The van der Waals surface area contributed by atoms with Gasteiger partial charge in [0.05, 0.1) is 18.8 Å². The highest BCUT2D eigenvalue weighted by Crippen LogP contribution is 2.41. The molecule has 5 rings (SSSR count). The molecule has 0 radical (unpaired) electrons. The number of hydrogen-bond donors (Lipinski definition) is 4. The van der Waals surface area contributed by atoms with Crippen molar-refractivity contribution in [2.75, 3.05) is 16.4 Å². The Bertz CT molecular complexity index is 1540. The summed E-state index contributed by atoms with van der Waals surface area (Å²) in [5.74, 6) is 0.00342. The number of hydrogen-bond acceptors (Lipinski definition) is 6. The lowest BCUT2D eigenvalue weighted by molar-refractivity contribution is 0.168. The van der Waals surface area contributed by atoms with Crippen molar-refractivity contribution >= 4 is 44.6 Å². The van der Waals surface area contributed by atoms with Crippen LogP contribution in [0.5, 0.6) is 0 Å². The highest BCUT2D eigenvalue weighted by molar-refractivity contribution is 7.18. The van der Waals surface area contributed by atoms with Gasteiger partial charge in [0.1, 0.15) is 11.6 Å². The number of aliphatic hydroxyl groups is 1. The molecule has 10 heteroatoms. The van der Waals surface area contributed by atoms with Crippen LogP contribution < -0.4 is 16.4 Å². The van der Waals surface area contributed by atoms with Crippen LogP contribution in [0.25, 0.3) is 32.3 Å². The van der Waals surface area contributed by atoms with Crippen molar-refractivity contribution < 1.29 is 14.3 Å². The van der Waals surface area contributed by atoms with Crippen LogP contribution in [0.4, 0.5) is 26.4 Å². The summed E-state index contributed by atoms with van der Waals surface area (Å²) in [5, 5.41) is 22.2. The second kappa shape index (κ2) is 9.76. The molecule has 8 nitrogen and oxygen atoms in total. The maximum Gasteiger partial charge on any atom is 0.323 e. The number of aromatic nitrogens is 3. The predicted octanol–water partition coefficient (Wildman–Crippen LogP) is 5.57. The first-order valence-electron chi connectivity index (χ1n) is 11.2. The standard InChI is InChI=1S/C26H23FN6O2S/c1-15(34)12-33-13-17(10-30-33)21-11-29-25(28)23-22(14-36-24(21)23)16-5-7-19(8-6-16)31-26(35)32-20-4-2-3-18(27)9-20/h2-11,13-15,34H,12H2,1H3,(H2,28,29)(H2,31,32,35)/t15-/m1/s1. The van der Waals surface area contributed by atoms with E-state index in [4.69, 9.17) is 5.73 Å². The lowest BCUT2D eigenvalue weighted by Crippen LogP contribution is -2.19. The zero-order valence-corrected chi connectivity index (χ0v) is 20.1. The molecule has 1 atom stereocenters. The van der Waals surface area contributed by atoms with Gasteiger partial charge in [-0.25, -0.2) is 14.2 Å². The number of nitrogens with zero attached hydrogens (tertiary/aromatic N) is 3. The van der Waals surface area contributed by atoms with Gasteiger partial charge < -0.3 is 21.5 Å². The Balaban J connectivity index is 1.38. The average Bonchev–Trinajstić information content (AvgIpc) is 3.48. The van der Waals surface area contributed by atoms with Crippen molar-refractivity contribution in [1.29, 1.82) is 0 Å². The van der Waals surface area contributed by atoms with Gasteiger partial charge in [-0.3, -0.25) is 4.68 Å². The maximum atomic E-state index is 13.3. The normalized spacial score (nSPS) is 12.0. The molecule has 0 fully saturated rings. The number of carbonyl (C=O) groups excluding carboxylic acids is 1. The van der Waals surface area contributed by atoms with Gasteiger partial charge in [0, 0.05) is 50.5 Å². The van der Waals surface area contributed by atoms with Crippen molar-refractivity contribution in [3.05, 3.63) is 78.3 Å². The molecule has 5 N–H and O–H groups in total. The lowest BCUT2D eigenvalue weighted by Gasteiger charge is -2.09. The SMILES string of the molecule is C[C@@H](O)Cn1cc(-c2cnc(N)c3c(-c4ccc(NC(=O)Nc5cccc(F)c5)cc4)csc23)cn1. The van der Waals surface area contributed by atoms with Crippen LogP contribution in [-0.2, 0) is 6.54 Å². The highest BCUT2D eigenvalue weighted by atomic mass is 32.1. The first kappa shape index (κ1) is 23.5. The molecule has 0 spiro atoms. The summed E-state index contributed by atoms with van der Waals surface area (Å²) >= 11 is 1.57. The van der Waals surface area contributed by atoms with Crippen LogP contribution in [0.2, 0.25) is 0 Å². The minimum absolute atomic E-state index is 0.365. The molecule has 0 aliphatic heterocycles. The summed E-state index contributed by atoms with van der Waals surface area (Å²) in [6.07, 6.45) is 4.88. The number of pyridine rings is 1. The Hall–Kier alpha value is -4.28. The minimum Gasteiger partial charge on any atom is -0.391 e. The number of nitrogens with two attached hydrogens (primary N) is 1. The van der Waals surface area contributed by atoms with E-state index in [-0.39, 0.29) is 0 Å². The van der Waals surface area contributed by atoms with Gasteiger partial charge >= 0.3 is 6.03 Å². The zero-order valence-electron chi connectivity index (χ0n) is 19.3. The molecule has 3 aromatic heterocycles. The highest BCUT2D eigenvalue weighted by Gasteiger charge is 2.16. The third kappa shape index (κ3) is 4.90. The van der Waals surface area contributed by atoms with Crippen LogP contribution in [0.1, 0.15) is 6.92 Å². The number of urea groups is 1. The fraction of sp³-hybridized carbons (Fsp3) is 0.115. The van der Waals surface area contributed by atoms with Gasteiger partial charge in [0.2, 0.25) is 0 Å². The van der Waals surface area contributed by atoms with Gasteiger partial charge in [-0.1, -0.05) is 18.2 Å². The molecular formula is C26H23FN6O2S. The molecule has 5 aromatic rings. The van der Waals surface area contributed by atoms with Crippen LogP contribution in [0.3, 0.4) is 0 Å². The first-order valence-corrected chi connectivity index (χ1v) is 12.1. The Morgan fingerprint density at radius 1 is 1.11 bits per heavy atom. The molecule has 0 aliphatic carbocycles. The number of nitrogen functional groups attached to an aromatic ring is 1. The molecule has 0 saturated heterocycles. The molecule has 182 valence electrons. The number of amides is 2. The van der Waals surface area contributed by atoms with Crippen LogP contribution in [-0.4, -0.2) is 32.0 Å². The Morgan fingerprint density at radius 3 is 2.64 bits per heavy atom. The van der Waals surface area contributed by atoms with E-state index in [1.165, 1.54) is 18.2 Å². The molecule has 0 unspecified atom stereocenters. The number of fused-ring (bicyclic) bond motifs is 1. The number of thiophene rings is 1. The van der Waals surface area contributed by atoms with Crippen molar-refractivity contribution in [2.45, 2.75) is 19.6 Å². The van der Waals surface area contributed by atoms with E-state index < -0.39 is 18.0 Å². The van der Waals surface area contributed by atoms with Crippen molar-refractivity contribution in [3.8, 4) is 22.3 Å². The third-order valence-electron chi connectivity index (χ3n) is 5.56. The average molecular weight is 503 g/mol. The van der Waals surface area contributed by atoms with Crippen LogP contribution in [0, 0.1) is 5.82 Å². The summed E-state index contributed by atoms with van der Waals surface area (Å²) in [5.41, 5.74) is 10.9. The molecule has 0 bridgehead atoms.